The Labute approximate surface area is 101 Å². The molecule has 1 rings (SSSR count). The van der Waals surface area contributed by atoms with Crippen molar-refractivity contribution in [1.82, 2.24) is 4.90 Å². The third kappa shape index (κ3) is 3.04. The van der Waals surface area contributed by atoms with E-state index < -0.39 is 5.25 Å². The van der Waals surface area contributed by atoms with E-state index in [1.54, 1.807) is 17.0 Å². The van der Waals surface area contributed by atoms with Crippen LogP contribution < -0.4 is 0 Å². The standard InChI is InChI=1S/C11H13NOS2/c1-12(2)11(15)10(14)9(13)8-6-4-3-5-7-8/h3-7,10,14H,1-2H3. The van der Waals surface area contributed by atoms with E-state index >= 15 is 0 Å². The van der Waals surface area contributed by atoms with Crippen LogP contribution in [0.5, 0.6) is 0 Å². The van der Waals surface area contributed by atoms with E-state index in [0.29, 0.717) is 10.6 Å². The molecule has 0 spiro atoms. The average molecular weight is 239 g/mol. The summed E-state index contributed by atoms with van der Waals surface area (Å²) in [5.41, 5.74) is 0.640. The summed E-state index contributed by atoms with van der Waals surface area (Å²) in [4.78, 5) is 14.2. The predicted molar refractivity (Wildman–Crippen MR) is 69.8 cm³/mol. The first kappa shape index (κ1) is 12.2. The molecule has 0 radical (unpaired) electrons. The fourth-order valence-corrected chi connectivity index (χ4v) is 1.60. The minimum atomic E-state index is -0.544. The summed E-state index contributed by atoms with van der Waals surface area (Å²) in [5.74, 6) is -0.0577. The topological polar surface area (TPSA) is 20.3 Å². The van der Waals surface area contributed by atoms with Crippen molar-refractivity contribution < 1.29 is 4.79 Å². The second-order valence-electron chi connectivity index (χ2n) is 3.37. The highest BCUT2D eigenvalue weighted by Crippen LogP contribution is 2.10. The number of rotatable bonds is 3. The first-order chi connectivity index (χ1) is 7.04. The van der Waals surface area contributed by atoms with Crippen molar-refractivity contribution in [2.75, 3.05) is 14.1 Å². The molecule has 0 aliphatic heterocycles. The van der Waals surface area contributed by atoms with Crippen molar-refractivity contribution in [3.63, 3.8) is 0 Å². The van der Waals surface area contributed by atoms with Crippen molar-refractivity contribution >= 4 is 35.6 Å². The molecule has 0 saturated carbocycles. The quantitative estimate of drug-likeness (QED) is 0.495. The van der Waals surface area contributed by atoms with Gasteiger partial charge in [0, 0.05) is 19.7 Å². The third-order valence-corrected chi connectivity index (χ3v) is 3.24. The van der Waals surface area contributed by atoms with E-state index in [4.69, 9.17) is 12.2 Å². The summed E-state index contributed by atoms with van der Waals surface area (Å²) in [6, 6.07) is 9.06. The van der Waals surface area contributed by atoms with Gasteiger partial charge >= 0.3 is 0 Å². The van der Waals surface area contributed by atoms with Crippen LogP contribution in [0.3, 0.4) is 0 Å². The Kier molecular flexibility index (Phi) is 4.29. The first-order valence-corrected chi connectivity index (χ1v) is 5.45. The van der Waals surface area contributed by atoms with Crippen LogP contribution in [0.25, 0.3) is 0 Å². The minimum Gasteiger partial charge on any atom is -0.371 e. The highest BCUT2D eigenvalue weighted by Gasteiger charge is 2.21. The zero-order chi connectivity index (χ0) is 11.4. The number of Topliss-reactive ketones (excluding diaryl/α,β-unsaturated/α-hetero) is 1. The molecule has 1 aromatic carbocycles. The van der Waals surface area contributed by atoms with Crippen LogP contribution in [-0.4, -0.2) is 35.0 Å². The van der Waals surface area contributed by atoms with Crippen LogP contribution in [-0.2, 0) is 0 Å². The fraction of sp³-hybridized carbons (Fsp3) is 0.273. The number of hydrogen-bond donors (Lipinski definition) is 1. The summed E-state index contributed by atoms with van der Waals surface area (Å²) in [6.07, 6.45) is 0. The lowest BCUT2D eigenvalue weighted by atomic mass is 10.1. The number of thiocarbonyl (C=S) groups is 1. The number of thiol groups is 1. The Hall–Kier alpha value is -0.870. The second-order valence-corrected chi connectivity index (χ2v) is 4.30. The Morgan fingerprint density at radius 3 is 2.33 bits per heavy atom. The third-order valence-electron chi connectivity index (χ3n) is 1.98. The number of hydrogen-bond acceptors (Lipinski definition) is 3. The van der Waals surface area contributed by atoms with Gasteiger partial charge in [0.25, 0.3) is 0 Å². The van der Waals surface area contributed by atoms with Gasteiger partial charge in [-0.3, -0.25) is 4.79 Å². The number of carbonyl (C=O) groups is 1. The Morgan fingerprint density at radius 1 is 1.33 bits per heavy atom. The lowest BCUT2D eigenvalue weighted by Gasteiger charge is -2.18. The Morgan fingerprint density at radius 2 is 1.87 bits per heavy atom. The molecule has 0 aromatic heterocycles. The summed E-state index contributed by atoms with van der Waals surface area (Å²) in [6.45, 7) is 0. The molecular formula is C11H13NOS2. The van der Waals surface area contributed by atoms with Crippen LogP contribution in [0, 0.1) is 0 Å². The summed E-state index contributed by atoms with van der Waals surface area (Å²) in [5, 5.41) is -0.544. The second kappa shape index (κ2) is 5.28. The molecule has 1 atom stereocenters. The molecule has 2 nitrogen and oxygen atoms in total. The molecule has 4 heteroatoms. The van der Waals surface area contributed by atoms with Crippen molar-refractivity contribution in [3.05, 3.63) is 35.9 Å². The molecule has 1 unspecified atom stereocenters. The molecule has 1 aromatic rings. The monoisotopic (exact) mass is 239 g/mol. The average Bonchev–Trinajstić information content (AvgIpc) is 2.27. The zero-order valence-electron chi connectivity index (χ0n) is 8.68. The molecule has 0 fully saturated rings. The molecule has 0 aliphatic carbocycles. The van der Waals surface area contributed by atoms with E-state index in [-0.39, 0.29) is 5.78 Å². The maximum Gasteiger partial charge on any atom is 0.182 e. The highest BCUT2D eigenvalue weighted by molar-refractivity contribution is 7.87. The maximum absolute atomic E-state index is 11.9. The van der Waals surface area contributed by atoms with E-state index in [2.05, 4.69) is 12.6 Å². The number of benzene rings is 1. The van der Waals surface area contributed by atoms with E-state index in [1.807, 2.05) is 32.3 Å². The van der Waals surface area contributed by atoms with Gasteiger partial charge < -0.3 is 4.90 Å². The molecule has 80 valence electrons. The van der Waals surface area contributed by atoms with Gasteiger partial charge in [-0.2, -0.15) is 12.6 Å². The van der Waals surface area contributed by atoms with Crippen LogP contribution in [0.1, 0.15) is 10.4 Å². The molecule has 0 N–H and O–H groups in total. The highest BCUT2D eigenvalue weighted by atomic mass is 32.1. The van der Waals surface area contributed by atoms with Crippen LogP contribution in [0.4, 0.5) is 0 Å². The summed E-state index contributed by atoms with van der Waals surface area (Å²) >= 11 is 9.34. The summed E-state index contributed by atoms with van der Waals surface area (Å²) in [7, 11) is 3.62. The normalized spacial score (nSPS) is 11.9. The van der Waals surface area contributed by atoms with Gasteiger partial charge in [-0.25, -0.2) is 0 Å². The van der Waals surface area contributed by atoms with Gasteiger partial charge in [0.2, 0.25) is 0 Å². The molecule has 0 aliphatic rings. The van der Waals surface area contributed by atoms with Gasteiger partial charge in [-0.1, -0.05) is 42.5 Å². The van der Waals surface area contributed by atoms with E-state index in [1.165, 1.54) is 0 Å². The molecular weight excluding hydrogens is 226 g/mol. The molecule has 0 heterocycles. The van der Waals surface area contributed by atoms with Crippen molar-refractivity contribution in [2.45, 2.75) is 5.25 Å². The minimum absolute atomic E-state index is 0.0577. The zero-order valence-corrected chi connectivity index (χ0v) is 10.4. The van der Waals surface area contributed by atoms with Gasteiger partial charge in [0.1, 0.15) is 5.25 Å². The van der Waals surface area contributed by atoms with Gasteiger partial charge in [0.05, 0.1) is 4.99 Å². The number of ketones is 1. The largest absolute Gasteiger partial charge is 0.371 e. The fourth-order valence-electron chi connectivity index (χ4n) is 1.12. The summed E-state index contributed by atoms with van der Waals surface area (Å²) < 4.78 is 0. The Balaban J connectivity index is 2.82. The first-order valence-electron chi connectivity index (χ1n) is 4.52. The van der Waals surface area contributed by atoms with Gasteiger partial charge in [0.15, 0.2) is 5.78 Å². The maximum atomic E-state index is 11.9. The van der Waals surface area contributed by atoms with Gasteiger partial charge in [-0.05, 0) is 0 Å². The van der Waals surface area contributed by atoms with E-state index in [9.17, 15) is 4.79 Å². The molecule has 0 saturated heterocycles. The van der Waals surface area contributed by atoms with Crippen LogP contribution >= 0.6 is 24.8 Å². The Bertz CT molecular complexity index is 362. The van der Waals surface area contributed by atoms with Crippen LogP contribution in [0.2, 0.25) is 0 Å². The predicted octanol–water partition coefficient (Wildman–Crippen LogP) is 2.06. The van der Waals surface area contributed by atoms with Crippen molar-refractivity contribution in [1.29, 1.82) is 0 Å². The SMILES string of the molecule is CN(C)C(=S)C(S)C(=O)c1ccccc1. The smallest absolute Gasteiger partial charge is 0.182 e. The van der Waals surface area contributed by atoms with Crippen molar-refractivity contribution in [2.24, 2.45) is 0 Å². The van der Waals surface area contributed by atoms with Crippen LogP contribution in [0.15, 0.2) is 30.3 Å². The van der Waals surface area contributed by atoms with E-state index in [0.717, 1.165) is 0 Å². The molecule has 15 heavy (non-hydrogen) atoms. The number of nitrogens with zero attached hydrogens (tertiary/aromatic N) is 1. The number of carbonyl (C=O) groups excluding carboxylic acids is 1. The lowest BCUT2D eigenvalue weighted by Crippen LogP contribution is -2.34. The van der Waals surface area contributed by atoms with Gasteiger partial charge in [-0.15, -0.1) is 0 Å². The molecule has 0 bridgehead atoms. The van der Waals surface area contributed by atoms with Crippen molar-refractivity contribution in [3.8, 4) is 0 Å². The lowest BCUT2D eigenvalue weighted by molar-refractivity contribution is 0.100. The molecule has 0 amide bonds.